The van der Waals surface area contributed by atoms with Crippen LogP contribution in [0.3, 0.4) is 0 Å². The minimum atomic E-state index is -0.0298. The fraction of sp³-hybridized carbons (Fsp3) is 0.222. The number of halogens is 1. The maximum atomic E-state index is 12.9. The Bertz CT molecular complexity index is 1180. The average Bonchev–Trinajstić information content (AvgIpc) is 3.34. The van der Waals surface area contributed by atoms with Gasteiger partial charge in [0, 0.05) is 14.9 Å². The monoisotopic (exact) mass is 428 g/mol. The van der Waals surface area contributed by atoms with Gasteiger partial charge in [0.1, 0.15) is 11.4 Å². The Labute approximate surface area is 160 Å². The molecule has 0 radical (unpaired) electrons. The van der Waals surface area contributed by atoms with Gasteiger partial charge in [-0.05, 0) is 49.1 Å². The van der Waals surface area contributed by atoms with Crippen molar-refractivity contribution >= 4 is 37.5 Å². The molecule has 6 nitrogen and oxygen atoms in total. The number of benzene rings is 1. The van der Waals surface area contributed by atoms with Crippen LogP contribution in [0.1, 0.15) is 22.8 Å². The lowest BCUT2D eigenvalue weighted by atomic mass is 10.2. The molecular formula is C18H13BrN4O2S. The van der Waals surface area contributed by atoms with Gasteiger partial charge in [0.25, 0.3) is 5.56 Å². The van der Waals surface area contributed by atoms with E-state index in [0.29, 0.717) is 11.8 Å². The largest absolute Gasteiger partial charge is 0.419 e. The Morgan fingerprint density at radius 1 is 1.19 bits per heavy atom. The first kappa shape index (κ1) is 15.9. The highest BCUT2D eigenvalue weighted by Crippen LogP contribution is 2.34. The molecule has 0 atom stereocenters. The summed E-state index contributed by atoms with van der Waals surface area (Å²) in [5, 5.41) is 8.93. The Balaban J connectivity index is 1.49. The predicted octanol–water partition coefficient (Wildman–Crippen LogP) is 3.81. The van der Waals surface area contributed by atoms with Gasteiger partial charge in [0.05, 0.1) is 11.7 Å². The van der Waals surface area contributed by atoms with Crippen molar-refractivity contribution in [3.63, 3.8) is 0 Å². The quantitative estimate of drug-likeness (QED) is 0.495. The van der Waals surface area contributed by atoms with Gasteiger partial charge in [-0.25, -0.2) is 4.98 Å². The van der Waals surface area contributed by atoms with Crippen molar-refractivity contribution in [1.82, 2.24) is 19.7 Å². The molecule has 0 bridgehead atoms. The van der Waals surface area contributed by atoms with E-state index in [1.807, 2.05) is 24.3 Å². The topological polar surface area (TPSA) is 73.8 Å². The molecule has 26 heavy (non-hydrogen) atoms. The molecule has 4 aromatic rings. The molecule has 0 saturated heterocycles. The lowest BCUT2D eigenvalue weighted by Crippen LogP contribution is -2.21. The van der Waals surface area contributed by atoms with Crippen molar-refractivity contribution in [2.24, 2.45) is 0 Å². The minimum Gasteiger partial charge on any atom is -0.419 e. The fourth-order valence-corrected chi connectivity index (χ4v) is 4.79. The van der Waals surface area contributed by atoms with E-state index in [1.54, 1.807) is 22.2 Å². The number of nitrogens with zero attached hydrogens (tertiary/aromatic N) is 4. The third kappa shape index (κ3) is 2.60. The van der Waals surface area contributed by atoms with E-state index < -0.39 is 0 Å². The zero-order valence-corrected chi connectivity index (χ0v) is 16.0. The fourth-order valence-electron chi connectivity index (χ4n) is 3.30. The van der Waals surface area contributed by atoms with Crippen molar-refractivity contribution in [3.05, 3.63) is 61.8 Å². The molecule has 0 aliphatic heterocycles. The molecule has 0 saturated carbocycles. The van der Waals surface area contributed by atoms with Gasteiger partial charge in [-0.1, -0.05) is 15.9 Å². The van der Waals surface area contributed by atoms with Crippen LogP contribution in [0.25, 0.3) is 21.7 Å². The van der Waals surface area contributed by atoms with Gasteiger partial charge in [-0.3, -0.25) is 9.36 Å². The summed E-state index contributed by atoms with van der Waals surface area (Å²) in [6.45, 7) is 0.218. The Morgan fingerprint density at radius 3 is 2.88 bits per heavy atom. The first-order valence-electron chi connectivity index (χ1n) is 8.27. The van der Waals surface area contributed by atoms with Crippen LogP contribution in [-0.4, -0.2) is 19.7 Å². The van der Waals surface area contributed by atoms with Gasteiger partial charge in [0.15, 0.2) is 0 Å². The highest BCUT2D eigenvalue weighted by atomic mass is 79.9. The molecule has 8 heteroatoms. The van der Waals surface area contributed by atoms with Crippen LogP contribution in [-0.2, 0) is 19.4 Å². The van der Waals surface area contributed by atoms with Gasteiger partial charge in [-0.15, -0.1) is 21.5 Å². The summed E-state index contributed by atoms with van der Waals surface area (Å²) in [6, 6.07) is 7.63. The van der Waals surface area contributed by atoms with Gasteiger partial charge in [0.2, 0.25) is 11.8 Å². The number of thiophene rings is 1. The van der Waals surface area contributed by atoms with Gasteiger partial charge in [-0.2, -0.15) is 0 Å². The van der Waals surface area contributed by atoms with Crippen molar-refractivity contribution < 1.29 is 4.42 Å². The maximum absolute atomic E-state index is 12.9. The Hall–Kier alpha value is -2.32. The van der Waals surface area contributed by atoms with Crippen molar-refractivity contribution in [2.75, 3.05) is 0 Å². The van der Waals surface area contributed by atoms with E-state index in [-0.39, 0.29) is 12.1 Å². The molecule has 1 aliphatic rings. The van der Waals surface area contributed by atoms with Crippen LogP contribution >= 0.6 is 27.3 Å². The maximum Gasteiger partial charge on any atom is 0.262 e. The molecule has 0 spiro atoms. The number of aromatic nitrogens is 4. The third-order valence-corrected chi connectivity index (χ3v) is 6.28. The first-order chi connectivity index (χ1) is 12.7. The average molecular weight is 429 g/mol. The molecule has 130 valence electrons. The van der Waals surface area contributed by atoms with Crippen molar-refractivity contribution in [2.45, 2.75) is 25.8 Å². The highest BCUT2D eigenvalue weighted by molar-refractivity contribution is 9.10. The summed E-state index contributed by atoms with van der Waals surface area (Å²) < 4.78 is 8.26. The molecule has 3 heterocycles. The molecule has 1 aromatic carbocycles. The van der Waals surface area contributed by atoms with Gasteiger partial charge < -0.3 is 4.42 Å². The number of fused-ring (bicyclic) bond motifs is 3. The smallest absolute Gasteiger partial charge is 0.262 e. The van der Waals surface area contributed by atoms with E-state index in [0.717, 1.165) is 39.5 Å². The third-order valence-electron chi connectivity index (χ3n) is 4.56. The zero-order valence-electron chi connectivity index (χ0n) is 13.6. The molecule has 3 aromatic heterocycles. The van der Waals surface area contributed by atoms with E-state index in [4.69, 9.17) is 4.42 Å². The zero-order chi connectivity index (χ0) is 17.7. The standard InChI is InChI=1S/C18H13BrN4O2S/c19-11-6-4-10(5-7-11)16-22-21-14(25-16)8-23-9-20-17-15(18(23)24)12-2-1-3-13(12)26-17/h4-7,9H,1-3,8H2. The number of hydrogen-bond acceptors (Lipinski definition) is 6. The lowest BCUT2D eigenvalue weighted by molar-refractivity contribution is 0.483. The summed E-state index contributed by atoms with van der Waals surface area (Å²) in [5.41, 5.74) is 1.99. The van der Waals surface area contributed by atoms with Crippen LogP contribution in [0, 0.1) is 0 Å². The molecular weight excluding hydrogens is 416 g/mol. The molecule has 0 unspecified atom stereocenters. The first-order valence-corrected chi connectivity index (χ1v) is 9.88. The highest BCUT2D eigenvalue weighted by Gasteiger charge is 2.21. The number of aryl methyl sites for hydroxylation is 2. The number of hydrogen-bond donors (Lipinski definition) is 0. The SMILES string of the molecule is O=c1c2c3c(sc2ncn1Cc1nnc(-c2ccc(Br)cc2)o1)CCC3. The summed E-state index contributed by atoms with van der Waals surface area (Å²) in [7, 11) is 0. The van der Waals surface area contributed by atoms with E-state index >= 15 is 0 Å². The van der Waals surface area contributed by atoms with Crippen LogP contribution in [0.15, 0.2) is 44.3 Å². The second kappa shape index (κ2) is 6.14. The van der Waals surface area contributed by atoms with Gasteiger partial charge >= 0.3 is 0 Å². The number of rotatable bonds is 3. The summed E-state index contributed by atoms with van der Waals surface area (Å²) in [5.74, 6) is 0.823. The Kier molecular flexibility index (Phi) is 3.75. The van der Waals surface area contributed by atoms with Crippen LogP contribution in [0.5, 0.6) is 0 Å². The lowest BCUT2D eigenvalue weighted by Gasteiger charge is -2.02. The Morgan fingerprint density at radius 2 is 2.04 bits per heavy atom. The molecule has 0 fully saturated rings. The normalized spacial score (nSPS) is 13.4. The van der Waals surface area contributed by atoms with E-state index in [2.05, 4.69) is 31.1 Å². The molecule has 0 N–H and O–H groups in total. The van der Waals surface area contributed by atoms with Crippen molar-refractivity contribution in [3.8, 4) is 11.5 Å². The molecule has 0 amide bonds. The minimum absolute atomic E-state index is 0.0298. The molecule has 5 rings (SSSR count). The van der Waals surface area contributed by atoms with Crippen molar-refractivity contribution in [1.29, 1.82) is 0 Å². The second-order valence-electron chi connectivity index (χ2n) is 6.22. The van der Waals surface area contributed by atoms with Crippen LogP contribution < -0.4 is 5.56 Å². The van der Waals surface area contributed by atoms with E-state index in [9.17, 15) is 4.79 Å². The summed E-state index contributed by atoms with van der Waals surface area (Å²) in [4.78, 5) is 19.5. The molecule has 1 aliphatic carbocycles. The summed E-state index contributed by atoms with van der Waals surface area (Å²) in [6.07, 6.45) is 4.70. The van der Waals surface area contributed by atoms with E-state index in [1.165, 1.54) is 10.4 Å². The van der Waals surface area contributed by atoms with Crippen LogP contribution in [0.4, 0.5) is 0 Å². The van der Waals surface area contributed by atoms with Crippen LogP contribution in [0.2, 0.25) is 0 Å². The predicted molar refractivity (Wildman–Crippen MR) is 102 cm³/mol. The second-order valence-corrected chi connectivity index (χ2v) is 8.22. The summed E-state index contributed by atoms with van der Waals surface area (Å²) >= 11 is 5.04.